The fourth-order valence-electron chi connectivity index (χ4n) is 1.59. The first kappa shape index (κ1) is 14.1. The van der Waals surface area contributed by atoms with Crippen LogP contribution in [0.15, 0.2) is 16.2 Å². The molecule has 5 nitrogen and oxygen atoms in total. The summed E-state index contributed by atoms with van der Waals surface area (Å²) in [5, 5.41) is 1.97. The Kier molecular flexibility index (Phi) is 4.60. The van der Waals surface area contributed by atoms with Crippen molar-refractivity contribution in [1.29, 1.82) is 0 Å². The van der Waals surface area contributed by atoms with Crippen LogP contribution in [-0.2, 0) is 15.3 Å². The number of aromatic nitrogens is 2. The summed E-state index contributed by atoms with van der Waals surface area (Å²) in [4.78, 5) is 30.0. The molecule has 0 fully saturated rings. The van der Waals surface area contributed by atoms with Gasteiger partial charge < -0.3 is 9.72 Å². The maximum atomic E-state index is 11.8. The minimum absolute atomic E-state index is 0.101. The largest absolute Gasteiger partial charge is 0.469 e. The van der Waals surface area contributed by atoms with E-state index in [-0.39, 0.29) is 16.8 Å². The second-order valence-corrected chi connectivity index (χ2v) is 6.39. The van der Waals surface area contributed by atoms with Gasteiger partial charge >= 0.3 is 5.97 Å². The number of nitrogens with one attached hydrogen (secondary N) is 1. The summed E-state index contributed by atoms with van der Waals surface area (Å²) in [5.41, 5.74) is 0.626. The van der Waals surface area contributed by atoms with E-state index in [1.807, 2.05) is 18.4 Å². The lowest BCUT2D eigenvalue weighted by Gasteiger charge is -2.09. The number of hydrogen-bond acceptors (Lipinski definition) is 6. The highest BCUT2D eigenvalue weighted by atomic mass is 32.2. The maximum absolute atomic E-state index is 11.8. The second kappa shape index (κ2) is 6.21. The molecule has 0 spiro atoms. The van der Waals surface area contributed by atoms with Gasteiger partial charge in [0.1, 0.15) is 10.5 Å². The Morgan fingerprint density at radius 2 is 2.42 bits per heavy atom. The van der Waals surface area contributed by atoms with Gasteiger partial charge in [-0.2, -0.15) is 11.8 Å². The van der Waals surface area contributed by atoms with Crippen molar-refractivity contribution in [3.05, 3.63) is 27.6 Å². The lowest BCUT2D eigenvalue weighted by atomic mass is 10.3. The zero-order valence-electron chi connectivity index (χ0n) is 10.6. The van der Waals surface area contributed by atoms with Crippen LogP contribution in [0.1, 0.15) is 19.2 Å². The fourth-order valence-corrected chi connectivity index (χ4v) is 3.15. The highest BCUT2D eigenvalue weighted by molar-refractivity contribution is 7.99. The molecule has 0 bridgehead atoms. The van der Waals surface area contributed by atoms with Gasteiger partial charge in [0.25, 0.3) is 5.56 Å². The van der Waals surface area contributed by atoms with Crippen molar-refractivity contribution in [2.45, 2.75) is 24.3 Å². The highest BCUT2D eigenvalue weighted by Crippen LogP contribution is 2.20. The zero-order chi connectivity index (χ0) is 13.8. The number of nitrogens with zero attached hydrogens (tertiary/aromatic N) is 1. The van der Waals surface area contributed by atoms with Crippen molar-refractivity contribution < 1.29 is 9.53 Å². The Balaban J connectivity index is 2.01. The van der Waals surface area contributed by atoms with E-state index in [4.69, 9.17) is 0 Å². The van der Waals surface area contributed by atoms with E-state index < -0.39 is 0 Å². The quantitative estimate of drug-likeness (QED) is 0.857. The number of hydrogen-bond donors (Lipinski definition) is 1. The van der Waals surface area contributed by atoms with Gasteiger partial charge in [-0.25, -0.2) is 4.98 Å². The van der Waals surface area contributed by atoms with Gasteiger partial charge in [-0.05, 0) is 11.4 Å². The summed E-state index contributed by atoms with van der Waals surface area (Å²) in [7, 11) is 1.38. The zero-order valence-corrected chi connectivity index (χ0v) is 12.3. The minimum Gasteiger partial charge on any atom is -0.469 e. The second-order valence-electron chi connectivity index (χ2n) is 4.05. The van der Waals surface area contributed by atoms with E-state index in [1.165, 1.54) is 18.4 Å². The summed E-state index contributed by atoms with van der Waals surface area (Å²) in [6.07, 6.45) is 0.353. The van der Waals surface area contributed by atoms with E-state index in [9.17, 15) is 9.59 Å². The molecule has 0 saturated carbocycles. The van der Waals surface area contributed by atoms with Gasteiger partial charge in [0.2, 0.25) is 0 Å². The van der Waals surface area contributed by atoms with E-state index in [1.54, 1.807) is 11.8 Å². The molecule has 0 aliphatic heterocycles. The minimum atomic E-state index is -0.227. The molecule has 0 aliphatic rings. The van der Waals surface area contributed by atoms with Crippen LogP contribution in [0.5, 0.6) is 0 Å². The summed E-state index contributed by atoms with van der Waals surface area (Å²) < 4.78 is 5.26. The Labute approximate surface area is 118 Å². The molecule has 2 heterocycles. The monoisotopic (exact) mass is 298 g/mol. The van der Waals surface area contributed by atoms with Crippen LogP contribution in [-0.4, -0.2) is 28.3 Å². The van der Waals surface area contributed by atoms with E-state index >= 15 is 0 Å². The molecule has 0 amide bonds. The summed E-state index contributed by atoms with van der Waals surface area (Å²) >= 11 is 2.95. The first-order valence-electron chi connectivity index (χ1n) is 5.75. The molecule has 0 aliphatic carbocycles. The lowest BCUT2D eigenvalue weighted by Crippen LogP contribution is -2.12. The Morgan fingerprint density at radius 3 is 3.16 bits per heavy atom. The average molecular weight is 298 g/mol. The Bertz CT molecular complexity index is 635. The SMILES string of the molecule is COC(=O)CC(C)SCc1nc2ccsc2c(=O)[nH]1. The predicted molar refractivity (Wildman–Crippen MR) is 77.6 cm³/mol. The molecule has 0 saturated heterocycles. The molecule has 102 valence electrons. The molecule has 0 aromatic carbocycles. The van der Waals surface area contributed by atoms with E-state index in [0.29, 0.717) is 22.7 Å². The van der Waals surface area contributed by atoms with Crippen molar-refractivity contribution >= 4 is 39.3 Å². The topological polar surface area (TPSA) is 72.0 Å². The van der Waals surface area contributed by atoms with Crippen LogP contribution in [0, 0.1) is 0 Å². The Morgan fingerprint density at radius 1 is 1.63 bits per heavy atom. The van der Waals surface area contributed by atoms with E-state index in [2.05, 4.69) is 14.7 Å². The van der Waals surface area contributed by atoms with Gasteiger partial charge in [0.05, 0.1) is 24.8 Å². The third-order valence-electron chi connectivity index (χ3n) is 2.55. The molecule has 1 unspecified atom stereocenters. The third-order valence-corrected chi connectivity index (χ3v) is 4.63. The number of fused-ring (bicyclic) bond motifs is 1. The highest BCUT2D eigenvalue weighted by Gasteiger charge is 2.11. The summed E-state index contributed by atoms with van der Waals surface area (Å²) in [5.74, 6) is 0.978. The molecular formula is C12H14N2O3S2. The molecule has 0 radical (unpaired) electrons. The van der Waals surface area contributed by atoms with Crippen molar-refractivity contribution in [3.63, 3.8) is 0 Å². The first-order valence-corrected chi connectivity index (χ1v) is 7.68. The van der Waals surface area contributed by atoms with Crippen LogP contribution in [0.25, 0.3) is 10.2 Å². The van der Waals surface area contributed by atoms with Gasteiger partial charge in [0.15, 0.2) is 0 Å². The number of rotatable bonds is 5. The van der Waals surface area contributed by atoms with Crippen molar-refractivity contribution in [1.82, 2.24) is 9.97 Å². The van der Waals surface area contributed by atoms with Crippen molar-refractivity contribution in [2.24, 2.45) is 0 Å². The van der Waals surface area contributed by atoms with Crippen LogP contribution >= 0.6 is 23.1 Å². The number of thiophene rings is 1. The molecule has 1 N–H and O–H groups in total. The summed E-state index contributed by atoms with van der Waals surface area (Å²) in [6.45, 7) is 1.95. The first-order chi connectivity index (χ1) is 9.10. The van der Waals surface area contributed by atoms with Crippen LogP contribution < -0.4 is 5.56 Å². The molecule has 2 aromatic heterocycles. The van der Waals surface area contributed by atoms with Crippen LogP contribution in [0.4, 0.5) is 0 Å². The van der Waals surface area contributed by atoms with Crippen LogP contribution in [0.2, 0.25) is 0 Å². The number of H-pyrrole nitrogens is 1. The molecule has 19 heavy (non-hydrogen) atoms. The number of carbonyl (C=O) groups is 1. The predicted octanol–water partition coefficient (Wildman–Crippen LogP) is 2.17. The normalized spacial score (nSPS) is 12.5. The average Bonchev–Trinajstić information content (AvgIpc) is 2.85. The third kappa shape index (κ3) is 3.57. The molecule has 7 heteroatoms. The van der Waals surface area contributed by atoms with E-state index in [0.717, 1.165) is 5.52 Å². The fraction of sp³-hybridized carbons (Fsp3) is 0.417. The standard InChI is InChI=1S/C12H14N2O3S2/c1-7(5-10(15)17-2)19-6-9-13-8-3-4-18-11(8)12(16)14-9/h3-4,7H,5-6H2,1-2H3,(H,13,14,16). The summed E-state index contributed by atoms with van der Waals surface area (Å²) in [6, 6.07) is 1.83. The number of esters is 1. The maximum Gasteiger partial charge on any atom is 0.306 e. The molecule has 2 aromatic rings. The smallest absolute Gasteiger partial charge is 0.306 e. The van der Waals surface area contributed by atoms with Gasteiger partial charge in [-0.1, -0.05) is 6.92 Å². The van der Waals surface area contributed by atoms with Crippen molar-refractivity contribution in [2.75, 3.05) is 7.11 Å². The Hall–Kier alpha value is -1.34. The molecule has 2 rings (SSSR count). The van der Waals surface area contributed by atoms with Gasteiger partial charge in [0, 0.05) is 5.25 Å². The van der Waals surface area contributed by atoms with Gasteiger partial charge in [-0.3, -0.25) is 9.59 Å². The van der Waals surface area contributed by atoms with Gasteiger partial charge in [-0.15, -0.1) is 11.3 Å². The number of carbonyl (C=O) groups excluding carboxylic acids is 1. The number of ether oxygens (including phenoxy) is 1. The number of aromatic amines is 1. The molecule has 1 atom stereocenters. The van der Waals surface area contributed by atoms with Crippen molar-refractivity contribution in [3.8, 4) is 0 Å². The number of methoxy groups -OCH3 is 1. The lowest BCUT2D eigenvalue weighted by molar-refractivity contribution is -0.140. The number of thioether (sulfide) groups is 1. The molecular weight excluding hydrogens is 284 g/mol. The van der Waals surface area contributed by atoms with Crippen LogP contribution in [0.3, 0.4) is 0 Å².